The average Bonchev–Trinajstić information content (AvgIpc) is 3.42. The Balaban J connectivity index is 1.63. The number of aliphatic hydroxyl groups is 1. The first-order valence-electron chi connectivity index (χ1n) is 9.92. The first kappa shape index (κ1) is 25.1. The lowest BCUT2D eigenvalue weighted by Crippen LogP contribution is -2.33. The summed E-state index contributed by atoms with van der Waals surface area (Å²) < 4.78 is 47.9. The van der Waals surface area contributed by atoms with E-state index in [0.29, 0.717) is 0 Å². The molecule has 1 aliphatic heterocycles. The number of halogens is 5. The minimum atomic E-state index is -4.66. The van der Waals surface area contributed by atoms with Crippen molar-refractivity contribution in [3.63, 3.8) is 0 Å². The number of nitrogens with zero attached hydrogens (tertiary/aromatic N) is 5. The van der Waals surface area contributed by atoms with E-state index >= 15 is 0 Å². The molecule has 0 saturated carbocycles. The number of benzene rings is 1. The summed E-state index contributed by atoms with van der Waals surface area (Å²) in [6.45, 7) is -0.466. The van der Waals surface area contributed by atoms with Gasteiger partial charge in [-0.1, -0.05) is 32.6 Å². The van der Waals surface area contributed by atoms with Crippen LogP contribution in [-0.2, 0) is 10.9 Å². The van der Waals surface area contributed by atoms with Gasteiger partial charge in [0.2, 0.25) is 5.95 Å². The molecular formula is C19H16BrClF3N7O4. The lowest BCUT2D eigenvalue weighted by molar-refractivity contribution is -0.137. The normalized spacial score (nSPS) is 20.6. The number of aliphatic hydroxyl groups excluding tert-OH is 1. The third-order valence-electron chi connectivity index (χ3n) is 5.27. The molecule has 186 valence electrons. The number of hydrogen-bond donors (Lipinski definition) is 3. The average molecular weight is 579 g/mol. The molecule has 0 spiro atoms. The number of aromatic nitrogens is 6. The van der Waals surface area contributed by atoms with E-state index in [9.17, 15) is 27.9 Å². The fraction of sp³-hybridized carbons (Fsp3) is 0.316. The Morgan fingerprint density at radius 3 is 2.83 bits per heavy atom. The van der Waals surface area contributed by atoms with Gasteiger partial charge in [-0.25, -0.2) is 9.48 Å². The van der Waals surface area contributed by atoms with Gasteiger partial charge in [0.1, 0.15) is 12.3 Å². The largest absolute Gasteiger partial charge is 0.417 e. The number of H-pyrrole nitrogens is 1. The third kappa shape index (κ3) is 5.17. The van der Waals surface area contributed by atoms with Crippen LogP contribution < -0.4 is 16.6 Å². The van der Waals surface area contributed by atoms with Gasteiger partial charge in [-0.15, -0.1) is 0 Å². The Hall–Kier alpha value is -3.01. The van der Waals surface area contributed by atoms with Crippen LogP contribution in [0.15, 0.2) is 39.0 Å². The molecule has 35 heavy (non-hydrogen) atoms. The predicted molar refractivity (Wildman–Crippen MR) is 121 cm³/mol. The highest BCUT2D eigenvalue weighted by atomic mass is 79.9. The van der Waals surface area contributed by atoms with E-state index in [0.717, 1.165) is 12.1 Å². The van der Waals surface area contributed by atoms with Gasteiger partial charge in [-0.2, -0.15) is 13.2 Å². The number of rotatable bonds is 6. The summed E-state index contributed by atoms with van der Waals surface area (Å²) in [5, 5.41) is 23.4. The highest BCUT2D eigenvalue weighted by molar-refractivity contribution is 9.11. The second-order valence-electron chi connectivity index (χ2n) is 7.42. The molecule has 0 amide bonds. The summed E-state index contributed by atoms with van der Waals surface area (Å²) in [5.41, 5.74) is -2.14. The summed E-state index contributed by atoms with van der Waals surface area (Å²) in [7, 11) is 0. The fourth-order valence-electron chi connectivity index (χ4n) is 3.66. The standard InChI is InChI=1S/C19H16BrClF3N7O4/c20-4-3-9-7-30(18(34)26-16(9)33)15-6-13(14(8-32)35-15)31-17(27-28-29-31)25-10-1-2-12(21)11(5-10)19(22,23)24/h1-5,7,13-15,32H,6,8H2,(H,25,27,29)(H,26,33,34)/b4-3+/t13-,14+,15+/m0/s1. The molecule has 3 heterocycles. The molecule has 3 N–H and O–H groups in total. The third-order valence-corrected chi connectivity index (χ3v) is 5.86. The zero-order chi connectivity index (χ0) is 25.3. The van der Waals surface area contributed by atoms with Gasteiger partial charge in [0.25, 0.3) is 5.56 Å². The van der Waals surface area contributed by atoms with Crippen molar-refractivity contribution in [1.82, 2.24) is 29.8 Å². The maximum Gasteiger partial charge on any atom is 0.417 e. The van der Waals surface area contributed by atoms with Crippen molar-refractivity contribution in [3.8, 4) is 0 Å². The van der Waals surface area contributed by atoms with Crippen LogP contribution in [0.1, 0.15) is 29.8 Å². The summed E-state index contributed by atoms with van der Waals surface area (Å²) in [4.78, 5) is 28.0. The van der Waals surface area contributed by atoms with Crippen LogP contribution in [0.25, 0.3) is 6.08 Å². The van der Waals surface area contributed by atoms with Crippen molar-refractivity contribution in [2.24, 2.45) is 0 Å². The molecule has 1 fully saturated rings. The molecule has 1 aromatic carbocycles. The Morgan fingerprint density at radius 2 is 2.14 bits per heavy atom. The Kier molecular flexibility index (Phi) is 7.12. The van der Waals surface area contributed by atoms with Crippen LogP contribution in [0.4, 0.5) is 24.8 Å². The summed E-state index contributed by atoms with van der Waals surface area (Å²) >= 11 is 8.74. The number of hydrogen-bond acceptors (Lipinski definition) is 8. The summed E-state index contributed by atoms with van der Waals surface area (Å²) in [6.07, 6.45) is -3.58. The molecule has 16 heteroatoms. The number of alkyl halides is 3. The van der Waals surface area contributed by atoms with Crippen LogP contribution in [-0.4, -0.2) is 47.6 Å². The van der Waals surface area contributed by atoms with Crippen LogP contribution in [0.3, 0.4) is 0 Å². The van der Waals surface area contributed by atoms with Gasteiger partial charge in [0.05, 0.1) is 28.8 Å². The second kappa shape index (κ2) is 9.93. The number of ether oxygens (including phenoxy) is 1. The van der Waals surface area contributed by atoms with Crippen LogP contribution >= 0.6 is 27.5 Å². The molecule has 0 aliphatic carbocycles. The van der Waals surface area contributed by atoms with Crippen molar-refractivity contribution in [2.45, 2.75) is 31.0 Å². The lowest BCUT2D eigenvalue weighted by Gasteiger charge is -2.17. The molecule has 1 aliphatic rings. The predicted octanol–water partition coefficient (Wildman–Crippen LogP) is 2.83. The SMILES string of the molecule is O=c1[nH]c(=O)n([C@H]2C[C@H](n3nnnc3Nc3ccc(Cl)c(C(F)(F)F)c3)[C@@H](CO)O2)cc1/C=C/Br. The van der Waals surface area contributed by atoms with E-state index in [4.69, 9.17) is 16.3 Å². The molecule has 4 rings (SSSR count). The van der Waals surface area contributed by atoms with Gasteiger partial charge < -0.3 is 15.2 Å². The van der Waals surface area contributed by atoms with E-state index < -0.39 is 53.0 Å². The molecule has 0 radical (unpaired) electrons. The topological polar surface area (TPSA) is 140 Å². The molecule has 1 saturated heterocycles. The second-order valence-corrected chi connectivity index (χ2v) is 8.36. The molecule has 0 unspecified atom stereocenters. The number of anilines is 2. The Morgan fingerprint density at radius 1 is 1.37 bits per heavy atom. The molecular weight excluding hydrogens is 563 g/mol. The molecule has 3 atom stereocenters. The van der Waals surface area contributed by atoms with Crippen molar-refractivity contribution in [1.29, 1.82) is 0 Å². The fourth-order valence-corrected chi connectivity index (χ4v) is 4.17. The Bertz CT molecular complexity index is 1370. The zero-order valence-electron chi connectivity index (χ0n) is 17.4. The smallest absolute Gasteiger partial charge is 0.394 e. The van der Waals surface area contributed by atoms with Crippen molar-refractivity contribution >= 4 is 45.2 Å². The van der Waals surface area contributed by atoms with Crippen LogP contribution in [0.2, 0.25) is 5.02 Å². The van der Waals surface area contributed by atoms with Gasteiger partial charge in [0, 0.05) is 18.3 Å². The monoisotopic (exact) mass is 577 g/mol. The van der Waals surface area contributed by atoms with Crippen molar-refractivity contribution in [3.05, 3.63) is 66.4 Å². The van der Waals surface area contributed by atoms with Gasteiger partial charge in [-0.05, 0) is 39.7 Å². The van der Waals surface area contributed by atoms with E-state index in [1.807, 2.05) is 0 Å². The summed E-state index contributed by atoms with van der Waals surface area (Å²) in [5.74, 6) is -0.0233. The van der Waals surface area contributed by atoms with Gasteiger partial charge >= 0.3 is 11.9 Å². The maximum atomic E-state index is 13.2. The van der Waals surface area contributed by atoms with Gasteiger partial charge in [-0.3, -0.25) is 14.3 Å². The zero-order valence-corrected chi connectivity index (χ0v) is 19.8. The summed E-state index contributed by atoms with van der Waals surface area (Å²) in [6, 6.07) is 2.53. The van der Waals surface area contributed by atoms with E-state index in [1.54, 1.807) is 0 Å². The minimum Gasteiger partial charge on any atom is -0.394 e. The van der Waals surface area contributed by atoms with E-state index in [-0.39, 0.29) is 23.6 Å². The highest BCUT2D eigenvalue weighted by Gasteiger charge is 2.40. The van der Waals surface area contributed by atoms with Gasteiger partial charge in [0.15, 0.2) is 0 Å². The number of tetrazole rings is 1. The van der Waals surface area contributed by atoms with E-state index in [2.05, 4.69) is 41.8 Å². The molecule has 3 aromatic rings. The van der Waals surface area contributed by atoms with Crippen molar-refractivity contribution in [2.75, 3.05) is 11.9 Å². The highest BCUT2D eigenvalue weighted by Crippen LogP contribution is 2.39. The van der Waals surface area contributed by atoms with Crippen LogP contribution in [0, 0.1) is 0 Å². The van der Waals surface area contributed by atoms with Crippen LogP contribution in [0.5, 0.6) is 0 Å². The molecule has 0 bridgehead atoms. The van der Waals surface area contributed by atoms with Crippen molar-refractivity contribution < 1.29 is 23.0 Å². The molecule has 11 nitrogen and oxygen atoms in total. The Labute approximate surface area is 207 Å². The minimum absolute atomic E-state index is 0.0233. The van der Waals surface area contributed by atoms with E-state index in [1.165, 1.54) is 32.6 Å². The maximum absolute atomic E-state index is 13.2. The first-order chi connectivity index (χ1) is 16.6. The quantitative estimate of drug-likeness (QED) is 0.406. The molecule has 2 aromatic heterocycles. The first-order valence-corrected chi connectivity index (χ1v) is 11.2. The lowest BCUT2D eigenvalue weighted by atomic mass is 10.1. The number of nitrogens with one attached hydrogen (secondary N) is 2. The number of aromatic amines is 1.